The van der Waals surface area contributed by atoms with Crippen LogP contribution in [0.1, 0.15) is 136 Å². The van der Waals surface area contributed by atoms with Crippen LogP contribution >= 0.6 is 0 Å². The molecule has 0 aromatic rings. The second kappa shape index (κ2) is 62.0. The van der Waals surface area contributed by atoms with Crippen molar-refractivity contribution in [3.63, 3.8) is 0 Å². The lowest BCUT2D eigenvalue weighted by molar-refractivity contribution is -0.376. The standard InChI is InChI=1S/C73H129N5O41S2/c1-47-56(85)58(87)49(45-111-120(96,97)98)113-70(47)116-65-60(89)62(91)73(119-67(65)69(94)95)115-63-50(46-112-121(99,100)101)114-71(48(2)57(63)86)117-64-59(88)61(90)72(118-66(64)68(92)93)110-31-14-7-6-12-23-75-55(84)21-34-105-38-42-109-44-40-107-35-25-77-51(80)17-9-4-3-5-11-22-74-53(82)19-32-102-29-16-30-103-33-20-54(83)76-24-13-8-10-18-52(81)78-26-36-106-39-43-108-41-37-104-28-15-27-79/h27,47-50,56-67,70-73,85-91H,3-26,28-46H2,1-2H3,(H,74,82)(H,75,84)(H,76,83)(H,77,80)(H,78,81)(H,92,93)(H,94,95)(H,96,97,98)(H,99,100,101). The summed E-state index contributed by atoms with van der Waals surface area (Å²) in [6.07, 6.45) is -24.4. The monoisotopic (exact) mass is 1800 g/mol. The minimum Gasteiger partial charge on any atom is -0.479 e. The Kier molecular flexibility index (Phi) is 55.4. The second-order valence-electron chi connectivity index (χ2n) is 28.8. The number of ether oxygens (including phenoxy) is 16. The van der Waals surface area contributed by atoms with Gasteiger partial charge in [-0.05, 0) is 44.9 Å². The van der Waals surface area contributed by atoms with E-state index in [9.17, 15) is 106 Å². The highest BCUT2D eigenvalue weighted by atomic mass is 32.3. The van der Waals surface area contributed by atoms with Crippen LogP contribution in [0.3, 0.4) is 0 Å². The lowest BCUT2D eigenvalue weighted by Gasteiger charge is -2.49. The Bertz CT molecular complexity index is 3150. The summed E-state index contributed by atoms with van der Waals surface area (Å²) in [6.45, 7) is 7.70. The number of hydrogen-bond acceptors (Lipinski definition) is 37. The molecule has 0 saturated carbocycles. The zero-order valence-electron chi connectivity index (χ0n) is 68.5. The number of aliphatic hydroxyl groups excluding tert-OH is 7. The Balaban J connectivity index is 0.936. The molecule has 0 radical (unpaired) electrons. The number of carboxylic acid groups (broad SMARTS) is 2. The molecule has 46 nitrogen and oxygen atoms in total. The van der Waals surface area contributed by atoms with Crippen LogP contribution < -0.4 is 26.6 Å². The van der Waals surface area contributed by atoms with Crippen molar-refractivity contribution in [3.05, 3.63) is 0 Å². The fraction of sp³-hybridized carbons (Fsp3) is 0.890. The fourth-order valence-corrected chi connectivity index (χ4v) is 13.0. The van der Waals surface area contributed by atoms with Gasteiger partial charge in [0.25, 0.3) is 0 Å². The molecule has 4 fully saturated rings. The van der Waals surface area contributed by atoms with E-state index in [1.54, 1.807) is 0 Å². The number of carboxylic acids is 2. The molecule has 121 heavy (non-hydrogen) atoms. The van der Waals surface area contributed by atoms with Gasteiger partial charge in [-0.3, -0.25) is 33.1 Å². The molecule has 48 heteroatoms. The first-order chi connectivity index (χ1) is 57.8. The van der Waals surface area contributed by atoms with Crippen molar-refractivity contribution in [2.24, 2.45) is 11.8 Å². The van der Waals surface area contributed by atoms with Gasteiger partial charge in [-0.2, -0.15) is 16.8 Å². The third kappa shape index (κ3) is 45.7. The molecule has 4 rings (SSSR count). The lowest BCUT2D eigenvalue weighted by atomic mass is 9.91. The largest absolute Gasteiger partial charge is 0.479 e. The zero-order chi connectivity index (χ0) is 89.0. The van der Waals surface area contributed by atoms with Crippen molar-refractivity contribution in [2.75, 3.05) is 158 Å². The van der Waals surface area contributed by atoms with Gasteiger partial charge in [0.05, 0.1) is 118 Å². The molecule has 16 N–H and O–H groups in total. The van der Waals surface area contributed by atoms with E-state index in [0.29, 0.717) is 176 Å². The summed E-state index contributed by atoms with van der Waals surface area (Å²) in [7, 11) is -10.4. The number of nitrogens with one attached hydrogen (secondary N) is 5. The lowest BCUT2D eigenvalue weighted by Crippen LogP contribution is -2.66. The van der Waals surface area contributed by atoms with E-state index >= 15 is 0 Å². The summed E-state index contributed by atoms with van der Waals surface area (Å²) in [6, 6.07) is 0. The molecule has 4 aliphatic rings. The summed E-state index contributed by atoms with van der Waals surface area (Å²) in [5, 5.41) is 112. The number of carbonyl (C=O) groups excluding carboxylic acids is 6. The maximum Gasteiger partial charge on any atom is 0.397 e. The predicted octanol–water partition coefficient (Wildman–Crippen LogP) is -4.01. The highest BCUT2D eigenvalue weighted by Gasteiger charge is 2.57. The molecule has 4 aliphatic heterocycles. The number of amides is 5. The van der Waals surface area contributed by atoms with E-state index in [4.69, 9.17) is 80.3 Å². The van der Waals surface area contributed by atoms with Crippen LogP contribution in [0.15, 0.2) is 0 Å². The van der Waals surface area contributed by atoms with Crippen molar-refractivity contribution in [1.82, 2.24) is 26.6 Å². The van der Waals surface area contributed by atoms with Crippen molar-refractivity contribution in [1.29, 1.82) is 0 Å². The predicted molar refractivity (Wildman–Crippen MR) is 411 cm³/mol. The topological polar surface area (TPSA) is 654 Å². The Morgan fingerprint density at radius 3 is 1.13 bits per heavy atom. The third-order valence-electron chi connectivity index (χ3n) is 19.2. The quantitative estimate of drug-likeness (QED) is 0.0157. The first-order valence-corrected chi connectivity index (χ1v) is 43.6. The molecule has 704 valence electrons. The van der Waals surface area contributed by atoms with E-state index in [1.807, 2.05) is 0 Å². The first kappa shape index (κ1) is 108. The van der Waals surface area contributed by atoms with Gasteiger partial charge in [0, 0.05) is 103 Å². The summed E-state index contributed by atoms with van der Waals surface area (Å²) < 4.78 is 162. The van der Waals surface area contributed by atoms with Crippen molar-refractivity contribution in [3.8, 4) is 0 Å². The maximum atomic E-state index is 12.6. The average molecular weight is 1800 g/mol. The fourth-order valence-electron chi connectivity index (χ4n) is 12.4. The first-order valence-electron chi connectivity index (χ1n) is 40.9. The van der Waals surface area contributed by atoms with Crippen molar-refractivity contribution >= 4 is 68.6 Å². The maximum absolute atomic E-state index is 12.6. The van der Waals surface area contributed by atoms with E-state index in [0.717, 1.165) is 51.2 Å². The van der Waals surface area contributed by atoms with Crippen LogP contribution in [0.5, 0.6) is 0 Å². The van der Waals surface area contributed by atoms with E-state index < -0.39 is 168 Å². The Morgan fingerprint density at radius 1 is 0.331 bits per heavy atom. The minimum absolute atomic E-state index is 0.0458. The molecule has 5 amide bonds. The third-order valence-corrected chi connectivity index (χ3v) is 20.1. The molecule has 0 aromatic heterocycles. The van der Waals surface area contributed by atoms with Gasteiger partial charge in [0.1, 0.15) is 67.3 Å². The van der Waals surface area contributed by atoms with E-state index in [1.165, 1.54) is 13.8 Å². The molecule has 0 bridgehead atoms. The number of unbranched alkanes of at least 4 members (excludes halogenated alkanes) is 9. The normalized spacial score (nSPS) is 27.0. The van der Waals surface area contributed by atoms with Gasteiger partial charge >= 0.3 is 32.7 Å². The summed E-state index contributed by atoms with van der Waals surface area (Å²) in [4.78, 5) is 96.3. The van der Waals surface area contributed by atoms with E-state index in [-0.39, 0.29) is 75.2 Å². The highest BCUT2D eigenvalue weighted by Crippen LogP contribution is 2.38. The van der Waals surface area contributed by atoms with Gasteiger partial charge in [-0.1, -0.05) is 52.4 Å². The van der Waals surface area contributed by atoms with Crippen molar-refractivity contribution in [2.45, 2.75) is 246 Å². The molecule has 0 aromatic carbocycles. The van der Waals surface area contributed by atoms with Crippen LogP contribution in [0.25, 0.3) is 0 Å². The number of hydrogen-bond donors (Lipinski definition) is 16. The SMILES string of the molecule is CC1C(OC2C(C(=O)O)OC(OC3C(COS(=O)(=O)O)OC(OC4C(C(=O)O)OC(OCCCCCCNC(=O)CCOCCOCCOCCNC(=O)CCCCCCCNC(=O)CCOCCCOCCC(=O)NCCCCCC(=O)NCCOCCOCCOCCC=O)C(O)C4O)C(C)C3O)C(O)C2O)OC(COS(=O)(=O)O)C(O)C1O. The highest BCUT2D eigenvalue weighted by molar-refractivity contribution is 7.81. The summed E-state index contributed by atoms with van der Waals surface area (Å²) >= 11 is 0. The minimum atomic E-state index is -5.32. The zero-order valence-corrected chi connectivity index (χ0v) is 70.1. The number of aliphatic carboxylic acids is 2. The smallest absolute Gasteiger partial charge is 0.397 e. The van der Waals surface area contributed by atoms with Gasteiger partial charge < -0.3 is 153 Å². The van der Waals surface area contributed by atoms with Crippen molar-refractivity contribution < 1.29 is 194 Å². The summed E-state index contributed by atoms with van der Waals surface area (Å²) in [5.74, 6) is -6.84. The number of aliphatic hydroxyl groups is 7. The Hall–Kier alpha value is -5.22. The molecular formula is C73H129N5O41S2. The van der Waals surface area contributed by atoms with Crippen LogP contribution in [-0.2, 0) is 143 Å². The molecule has 20 atom stereocenters. The van der Waals surface area contributed by atoms with Gasteiger partial charge in [0.15, 0.2) is 37.4 Å². The number of rotatable bonds is 70. The summed E-state index contributed by atoms with van der Waals surface area (Å²) in [5.41, 5.74) is 0. The molecule has 4 heterocycles. The average Bonchev–Trinajstić information content (AvgIpc) is 0.811. The van der Waals surface area contributed by atoms with Gasteiger partial charge in [-0.25, -0.2) is 18.0 Å². The van der Waals surface area contributed by atoms with Crippen LogP contribution in [0.4, 0.5) is 0 Å². The van der Waals surface area contributed by atoms with Gasteiger partial charge in [-0.15, -0.1) is 0 Å². The molecular weight excluding hydrogens is 1670 g/mol. The van der Waals surface area contributed by atoms with Gasteiger partial charge in [0.2, 0.25) is 29.5 Å². The molecule has 0 aliphatic carbocycles. The molecule has 0 spiro atoms. The Labute approximate surface area is 703 Å². The van der Waals surface area contributed by atoms with Crippen LogP contribution in [-0.4, -0.2) is 389 Å². The number of aldehydes is 1. The molecule has 20 unspecified atom stereocenters. The van der Waals surface area contributed by atoms with Crippen LogP contribution in [0.2, 0.25) is 0 Å². The molecule has 4 saturated heterocycles. The Morgan fingerprint density at radius 2 is 0.678 bits per heavy atom. The van der Waals surface area contributed by atoms with E-state index in [2.05, 4.69) is 35.0 Å². The van der Waals surface area contributed by atoms with Crippen LogP contribution in [0, 0.1) is 11.8 Å². The second-order valence-corrected chi connectivity index (χ2v) is 31.0. The number of carbonyl (C=O) groups is 8.